The van der Waals surface area contributed by atoms with E-state index in [0.717, 1.165) is 31.2 Å². The summed E-state index contributed by atoms with van der Waals surface area (Å²) in [6.07, 6.45) is 4.64. The van der Waals surface area contributed by atoms with Crippen LogP contribution in [0, 0.1) is 0 Å². The number of likely N-dealkylation sites (tertiary alicyclic amines) is 1. The summed E-state index contributed by atoms with van der Waals surface area (Å²) in [7, 11) is -1.37. The molecule has 9 nitrogen and oxygen atoms in total. The smallest absolute Gasteiger partial charge is 0.474 e. The van der Waals surface area contributed by atoms with Gasteiger partial charge in [0.25, 0.3) is 0 Å². The molecule has 2 fully saturated rings. The Hall–Kier alpha value is -1.19. The van der Waals surface area contributed by atoms with Crippen molar-refractivity contribution in [1.29, 1.82) is 0 Å². The van der Waals surface area contributed by atoms with Gasteiger partial charge in [-0.15, -0.1) is 0 Å². The number of benzene rings is 1. The minimum atomic E-state index is -4.59. The van der Waals surface area contributed by atoms with E-state index in [-0.39, 0.29) is 18.9 Å². The standard InChI is InChI=1S/C21H34NO8P/c1-27-20-8-7-16(13-21(20)28-2)10-12-29-19-6-4-3-5-18(19)22(11-9-17(23)14-22)15-30-31(24,25)26/h7-8,13,17-19,23H,3-6,9-12,14-15H2,1-2H3,(H-,24,25,26)/p+1/t17-,18-,19+,22-/m0/s1. The van der Waals surface area contributed by atoms with Crippen molar-refractivity contribution in [2.24, 2.45) is 0 Å². The molecule has 1 aromatic rings. The van der Waals surface area contributed by atoms with Crippen molar-refractivity contribution in [1.82, 2.24) is 0 Å². The fourth-order valence-electron chi connectivity index (χ4n) is 4.98. The van der Waals surface area contributed by atoms with E-state index in [9.17, 15) is 19.5 Å². The molecule has 1 aliphatic heterocycles. The maximum atomic E-state index is 11.4. The Morgan fingerprint density at radius 1 is 1.10 bits per heavy atom. The lowest BCUT2D eigenvalue weighted by atomic mass is 9.89. The molecule has 3 rings (SSSR count). The second kappa shape index (κ2) is 10.6. The number of quaternary nitrogens is 1. The molecule has 0 spiro atoms. The van der Waals surface area contributed by atoms with Crippen LogP contribution in [0.1, 0.15) is 37.7 Å². The van der Waals surface area contributed by atoms with E-state index in [1.807, 2.05) is 18.2 Å². The number of aliphatic hydroxyl groups excluding tert-OH is 1. The summed E-state index contributed by atoms with van der Waals surface area (Å²) >= 11 is 0. The summed E-state index contributed by atoms with van der Waals surface area (Å²) in [6, 6.07) is 5.85. The van der Waals surface area contributed by atoms with Crippen molar-refractivity contribution in [3.05, 3.63) is 23.8 Å². The highest BCUT2D eigenvalue weighted by Gasteiger charge is 2.49. The summed E-state index contributed by atoms with van der Waals surface area (Å²) in [5.74, 6) is 1.37. The van der Waals surface area contributed by atoms with Gasteiger partial charge in [-0.25, -0.2) is 9.09 Å². The van der Waals surface area contributed by atoms with Gasteiger partial charge in [-0.3, -0.25) is 4.48 Å². The minimum absolute atomic E-state index is 0.0421. The first-order chi connectivity index (χ1) is 14.8. The summed E-state index contributed by atoms with van der Waals surface area (Å²) < 4.78 is 33.6. The number of phosphoric ester groups is 1. The topological polar surface area (TPSA) is 115 Å². The molecule has 0 bridgehead atoms. The molecule has 1 aliphatic carbocycles. The molecule has 176 valence electrons. The molecule has 2 aliphatic rings. The predicted molar refractivity (Wildman–Crippen MR) is 114 cm³/mol. The molecule has 0 radical (unpaired) electrons. The third-order valence-electron chi connectivity index (χ3n) is 6.51. The van der Waals surface area contributed by atoms with Gasteiger partial charge in [-0.2, -0.15) is 0 Å². The molecular formula is C21H35NO8P+. The number of aliphatic hydroxyl groups is 1. The van der Waals surface area contributed by atoms with Crippen LogP contribution in [0.3, 0.4) is 0 Å². The fourth-order valence-corrected chi connectivity index (χ4v) is 5.36. The van der Waals surface area contributed by atoms with Crippen molar-refractivity contribution in [3.8, 4) is 11.5 Å². The number of hydrogen-bond acceptors (Lipinski definition) is 6. The van der Waals surface area contributed by atoms with Gasteiger partial charge in [0.05, 0.1) is 27.4 Å². The van der Waals surface area contributed by atoms with Crippen LogP contribution < -0.4 is 9.47 Å². The summed E-state index contributed by atoms with van der Waals surface area (Å²) in [6.45, 7) is 1.47. The second-order valence-electron chi connectivity index (χ2n) is 8.52. The van der Waals surface area contributed by atoms with E-state index in [2.05, 4.69) is 0 Å². The number of rotatable bonds is 10. The zero-order chi connectivity index (χ0) is 22.5. The zero-order valence-corrected chi connectivity index (χ0v) is 19.2. The van der Waals surface area contributed by atoms with Crippen molar-refractivity contribution in [2.45, 2.75) is 56.8 Å². The van der Waals surface area contributed by atoms with Gasteiger partial charge < -0.3 is 29.1 Å². The summed E-state index contributed by atoms with van der Waals surface area (Å²) in [5, 5.41) is 10.2. The van der Waals surface area contributed by atoms with Crippen LogP contribution >= 0.6 is 7.82 Å². The van der Waals surface area contributed by atoms with Gasteiger partial charge >= 0.3 is 7.82 Å². The lowest BCUT2D eigenvalue weighted by Gasteiger charge is -2.46. The highest BCUT2D eigenvalue weighted by atomic mass is 31.2. The average Bonchev–Trinajstić information content (AvgIpc) is 3.14. The third-order valence-corrected chi connectivity index (χ3v) is 6.96. The molecule has 0 aromatic heterocycles. The lowest BCUT2D eigenvalue weighted by molar-refractivity contribution is -0.960. The van der Waals surface area contributed by atoms with Gasteiger partial charge in [0.2, 0.25) is 0 Å². The van der Waals surface area contributed by atoms with E-state index >= 15 is 0 Å². The van der Waals surface area contributed by atoms with E-state index in [4.69, 9.17) is 18.7 Å². The van der Waals surface area contributed by atoms with Gasteiger partial charge in [-0.05, 0) is 37.0 Å². The van der Waals surface area contributed by atoms with E-state index in [1.54, 1.807) is 14.2 Å². The van der Waals surface area contributed by atoms with Gasteiger partial charge in [0.15, 0.2) is 18.2 Å². The van der Waals surface area contributed by atoms with Crippen molar-refractivity contribution >= 4 is 7.82 Å². The first-order valence-electron chi connectivity index (χ1n) is 10.8. The Morgan fingerprint density at radius 3 is 2.48 bits per heavy atom. The lowest BCUT2D eigenvalue weighted by Crippen LogP contribution is -2.61. The molecule has 10 heteroatoms. The fraction of sp³-hybridized carbons (Fsp3) is 0.714. The van der Waals surface area contributed by atoms with Gasteiger partial charge in [0, 0.05) is 12.8 Å². The van der Waals surface area contributed by atoms with Crippen LogP contribution in [0.5, 0.6) is 11.5 Å². The number of methoxy groups -OCH3 is 2. The zero-order valence-electron chi connectivity index (χ0n) is 18.3. The molecule has 0 amide bonds. The van der Waals surface area contributed by atoms with Crippen molar-refractivity contribution in [2.75, 3.05) is 40.6 Å². The summed E-state index contributed by atoms with van der Waals surface area (Å²) in [4.78, 5) is 18.5. The SMILES string of the molecule is COc1ccc(CCO[C@@H]2CCCC[C@@H]2[N@@+]2(COP(=O)(O)O)CC[C@H](O)C2)cc1OC. The number of nitrogens with zero attached hydrogens (tertiary/aromatic N) is 1. The van der Waals surface area contributed by atoms with Crippen LogP contribution in [0.25, 0.3) is 0 Å². The van der Waals surface area contributed by atoms with Crippen LogP contribution in [0.2, 0.25) is 0 Å². The molecule has 4 atom stereocenters. The highest BCUT2D eigenvalue weighted by Crippen LogP contribution is 2.41. The van der Waals surface area contributed by atoms with Crippen molar-refractivity contribution < 1.29 is 42.7 Å². The summed E-state index contributed by atoms with van der Waals surface area (Å²) in [5.41, 5.74) is 1.08. The molecule has 1 heterocycles. The number of hydrogen-bond donors (Lipinski definition) is 3. The Bertz CT molecular complexity index is 772. The number of ether oxygens (including phenoxy) is 3. The van der Waals surface area contributed by atoms with Crippen LogP contribution in [-0.2, 0) is 20.2 Å². The maximum Gasteiger partial charge on any atom is 0.474 e. The molecule has 1 aromatic carbocycles. The largest absolute Gasteiger partial charge is 0.493 e. The Labute approximate surface area is 183 Å². The van der Waals surface area contributed by atoms with Gasteiger partial charge in [-0.1, -0.05) is 12.5 Å². The van der Waals surface area contributed by atoms with Crippen LogP contribution in [0.15, 0.2) is 18.2 Å². The first kappa shape index (κ1) is 24.5. The van der Waals surface area contributed by atoms with Crippen molar-refractivity contribution in [3.63, 3.8) is 0 Å². The Kier molecular flexibility index (Phi) is 8.37. The highest BCUT2D eigenvalue weighted by molar-refractivity contribution is 7.46. The molecule has 31 heavy (non-hydrogen) atoms. The maximum absolute atomic E-state index is 11.4. The molecular weight excluding hydrogens is 425 g/mol. The molecule has 3 N–H and O–H groups in total. The van der Waals surface area contributed by atoms with Crippen LogP contribution in [0.4, 0.5) is 0 Å². The minimum Gasteiger partial charge on any atom is -0.493 e. The predicted octanol–water partition coefficient (Wildman–Crippen LogP) is 2.22. The van der Waals surface area contributed by atoms with E-state index in [0.29, 0.717) is 48.5 Å². The van der Waals surface area contributed by atoms with Gasteiger partial charge in [0.1, 0.15) is 24.8 Å². The number of phosphoric acid groups is 1. The monoisotopic (exact) mass is 460 g/mol. The van der Waals surface area contributed by atoms with E-state index < -0.39 is 13.9 Å². The Balaban J connectivity index is 1.66. The van der Waals surface area contributed by atoms with E-state index in [1.165, 1.54) is 0 Å². The molecule has 1 saturated heterocycles. The molecule has 0 unspecified atom stereocenters. The average molecular weight is 460 g/mol. The normalized spacial score (nSPS) is 29.1. The first-order valence-corrected chi connectivity index (χ1v) is 12.4. The third kappa shape index (κ3) is 6.42. The quantitative estimate of drug-likeness (QED) is 0.360. The second-order valence-corrected chi connectivity index (χ2v) is 9.76. The van der Waals surface area contributed by atoms with Crippen LogP contribution in [-0.4, -0.2) is 78.3 Å². The molecule has 1 saturated carbocycles. The Morgan fingerprint density at radius 2 is 1.84 bits per heavy atom.